The van der Waals surface area contributed by atoms with E-state index in [0.717, 1.165) is 36.2 Å². The van der Waals surface area contributed by atoms with Crippen LogP contribution in [0.2, 0.25) is 0 Å². The summed E-state index contributed by atoms with van der Waals surface area (Å²) in [6, 6.07) is 14.9. The summed E-state index contributed by atoms with van der Waals surface area (Å²) in [5.41, 5.74) is 3.37. The Hall–Kier alpha value is -3.39. The summed E-state index contributed by atoms with van der Waals surface area (Å²) in [6.07, 6.45) is 1.83. The van der Waals surface area contributed by atoms with Gasteiger partial charge >= 0.3 is 6.03 Å². The Balaban J connectivity index is 1.48. The molecule has 8 heteroatoms. The predicted molar refractivity (Wildman–Crippen MR) is 120 cm³/mol. The zero-order valence-electron chi connectivity index (χ0n) is 17.8. The number of methoxy groups -OCH3 is 1. The number of fused-ring (bicyclic) bond motifs is 1. The summed E-state index contributed by atoms with van der Waals surface area (Å²) in [7, 11) is 1.47. The third-order valence-electron chi connectivity index (χ3n) is 5.51. The van der Waals surface area contributed by atoms with E-state index in [1.54, 1.807) is 24.3 Å². The lowest BCUT2D eigenvalue weighted by atomic mass is 10.2. The Morgan fingerprint density at radius 2 is 1.81 bits per heavy atom. The van der Waals surface area contributed by atoms with Crippen LogP contribution >= 0.6 is 0 Å². The maximum absolute atomic E-state index is 13.1. The van der Waals surface area contributed by atoms with E-state index in [0.29, 0.717) is 17.9 Å². The third-order valence-corrected chi connectivity index (χ3v) is 5.51. The molecule has 31 heavy (non-hydrogen) atoms. The van der Waals surface area contributed by atoms with Crippen molar-refractivity contribution in [2.24, 2.45) is 0 Å². The number of para-hydroxylation sites is 2. The molecule has 1 aliphatic rings. The summed E-state index contributed by atoms with van der Waals surface area (Å²) in [5, 5.41) is 5.71. The highest BCUT2D eigenvalue weighted by Gasteiger charge is 2.33. The van der Waals surface area contributed by atoms with Gasteiger partial charge in [-0.05, 0) is 56.2 Å². The number of benzene rings is 2. The van der Waals surface area contributed by atoms with Crippen LogP contribution in [0.15, 0.2) is 48.5 Å². The molecule has 0 radical (unpaired) electrons. The standard InChI is InChI=1S/C23H27N5O3/c1-3-27-19-8-5-4-7-18(19)26-22(27)20-9-6-14-28(20)23(30)25-17-12-10-16(11-13-17)24-21(29)15-31-2/h4-5,7-8,10-13,20H,3,6,9,14-15H2,1-2H3,(H,24,29)(H,25,30). The molecule has 1 unspecified atom stereocenters. The quantitative estimate of drug-likeness (QED) is 0.629. The number of carbonyl (C=O) groups is 2. The van der Waals surface area contributed by atoms with Crippen molar-refractivity contribution in [1.29, 1.82) is 0 Å². The van der Waals surface area contributed by atoms with Gasteiger partial charge in [0.1, 0.15) is 12.4 Å². The summed E-state index contributed by atoms with van der Waals surface area (Å²) in [6.45, 7) is 3.59. The van der Waals surface area contributed by atoms with E-state index in [4.69, 9.17) is 9.72 Å². The molecule has 2 heterocycles. The number of imidazole rings is 1. The van der Waals surface area contributed by atoms with Gasteiger partial charge in [-0.1, -0.05) is 12.1 Å². The number of amides is 3. The minimum absolute atomic E-state index is 0.00261. The fourth-order valence-corrected chi connectivity index (χ4v) is 4.12. The maximum Gasteiger partial charge on any atom is 0.322 e. The van der Waals surface area contributed by atoms with Gasteiger partial charge in [0.15, 0.2) is 0 Å². The Bertz CT molecular complexity index is 1080. The Kier molecular flexibility index (Phi) is 6.18. The van der Waals surface area contributed by atoms with E-state index in [-0.39, 0.29) is 24.6 Å². The molecular formula is C23H27N5O3. The second-order valence-corrected chi connectivity index (χ2v) is 7.54. The van der Waals surface area contributed by atoms with E-state index < -0.39 is 0 Å². The van der Waals surface area contributed by atoms with Crippen LogP contribution in [0, 0.1) is 0 Å². The molecule has 1 aliphatic heterocycles. The zero-order valence-corrected chi connectivity index (χ0v) is 17.8. The van der Waals surface area contributed by atoms with Crippen LogP contribution in [0.25, 0.3) is 11.0 Å². The number of hydrogen-bond acceptors (Lipinski definition) is 4. The van der Waals surface area contributed by atoms with Crippen LogP contribution in [-0.2, 0) is 16.1 Å². The fourth-order valence-electron chi connectivity index (χ4n) is 4.12. The number of nitrogens with one attached hydrogen (secondary N) is 2. The predicted octanol–water partition coefficient (Wildman–Crippen LogP) is 4.01. The highest BCUT2D eigenvalue weighted by atomic mass is 16.5. The van der Waals surface area contributed by atoms with Crippen molar-refractivity contribution in [3.8, 4) is 0 Å². The van der Waals surface area contributed by atoms with E-state index in [9.17, 15) is 9.59 Å². The first-order valence-corrected chi connectivity index (χ1v) is 10.5. The Morgan fingerprint density at radius 3 is 2.52 bits per heavy atom. The van der Waals surface area contributed by atoms with Gasteiger partial charge in [-0.3, -0.25) is 4.79 Å². The molecular weight excluding hydrogens is 394 g/mol. The molecule has 4 rings (SSSR count). The first-order valence-electron chi connectivity index (χ1n) is 10.5. The molecule has 3 aromatic rings. The van der Waals surface area contributed by atoms with Gasteiger partial charge in [0, 0.05) is 31.6 Å². The molecule has 1 saturated heterocycles. The summed E-state index contributed by atoms with van der Waals surface area (Å²) in [4.78, 5) is 31.4. The number of aryl methyl sites for hydroxylation is 1. The molecule has 162 valence electrons. The van der Waals surface area contributed by atoms with Crippen LogP contribution in [0.3, 0.4) is 0 Å². The van der Waals surface area contributed by atoms with Crippen molar-refractivity contribution in [2.45, 2.75) is 32.4 Å². The van der Waals surface area contributed by atoms with Crippen molar-refractivity contribution in [3.05, 3.63) is 54.4 Å². The SMILES string of the molecule is CCn1c(C2CCCN2C(=O)Nc2ccc(NC(=O)COC)cc2)nc2ccccc21. The van der Waals surface area contributed by atoms with Crippen LogP contribution in [-0.4, -0.2) is 46.7 Å². The number of carbonyl (C=O) groups excluding carboxylic acids is 2. The molecule has 1 atom stereocenters. The van der Waals surface area contributed by atoms with Gasteiger partial charge in [0.05, 0.1) is 17.1 Å². The molecule has 2 aromatic carbocycles. The zero-order chi connectivity index (χ0) is 21.8. The topological polar surface area (TPSA) is 88.5 Å². The van der Waals surface area contributed by atoms with E-state index >= 15 is 0 Å². The smallest absolute Gasteiger partial charge is 0.322 e. The van der Waals surface area contributed by atoms with Gasteiger partial charge < -0.3 is 24.8 Å². The molecule has 1 fully saturated rings. The summed E-state index contributed by atoms with van der Waals surface area (Å²) in [5.74, 6) is 0.713. The number of aromatic nitrogens is 2. The van der Waals surface area contributed by atoms with Crippen LogP contribution < -0.4 is 10.6 Å². The number of nitrogens with zero attached hydrogens (tertiary/aromatic N) is 3. The van der Waals surface area contributed by atoms with E-state index in [1.807, 2.05) is 23.1 Å². The average Bonchev–Trinajstić information content (AvgIpc) is 3.39. The summed E-state index contributed by atoms with van der Waals surface area (Å²) < 4.78 is 7.01. The second kappa shape index (κ2) is 9.18. The first kappa shape index (κ1) is 20.9. The largest absolute Gasteiger partial charge is 0.375 e. The van der Waals surface area contributed by atoms with Crippen molar-refractivity contribution >= 4 is 34.3 Å². The molecule has 0 saturated carbocycles. The first-order chi connectivity index (χ1) is 15.1. The lowest BCUT2D eigenvalue weighted by Gasteiger charge is -2.25. The number of urea groups is 1. The lowest BCUT2D eigenvalue weighted by molar-refractivity contribution is -0.119. The van der Waals surface area contributed by atoms with E-state index in [2.05, 4.69) is 28.2 Å². The highest BCUT2D eigenvalue weighted by Crippen LogP contribution is 2.34. The minimum Gasteiger partial charge on any atom is -0.375 e. The Labute approximate surface area is 181 Å². The number of likely N-dealkylation sites (tertiary alicyclic amines) is 1. The second-order valence-electron chi connectivity index (χ2n) is 7.54. The van der Waals surface area contributed by atoms with Crippen molar-refractivity contribution in [3.63, 3.8) is 0 Å². The van der Waals surface area contributed by atoms with Crippen LogP contribution in [0.1, 0.15) is 31.6 Å². The van der Waals surface area contributed by atoms with Gasteiger partial charge in [0.25, 0.3) is 0 Å². The van der Waals surface area contributed by atoms with Crippen LogP contribution in [0.5, 0.6) is 0 Å². The number of ether oxygens (including phenoxy) is 1. The normalized spacial score (nSPS) is 15.9. The molecule has 0 aliphatic carbocycles. The number of anilines is 2. The average molecular weight is 422 g/mol. The van der Waals surface area contributed by atoms with Crippen molar-refractivity contribution in [1.82, 2.24) is 14.5 Å². The highest BCUT2D eigenvalue weighted by molar-refractivity contribution is 5.93. The van der Waals surface area contributed by atoms with Gasteiger partial charge in [0.2, 0.25) is 5.91 Å². The third kappa shape index (κ3) is 4.39. The monoisotopic (exact) mass is 421 g/mol. The van der Waals surface area contributed by atoms with Crippen molar-refractivity contribution < 1.29 is 14.3 Å². The molecule has 8 nitrogen and oxygen atoms in total. The maximum atomic E-state index is 13.1. The summed E-state index contributed by atoms with van der Waals surface area (Å²) >= 11 is 0. The van der Waals surface area contributed by atoms with Crippen molar-refractivity contribution in [2.75, 3.05) is 30.9 Å². The van der Waals surface area contributed by atoms with E-state index in [1.165, 1.54) is 7.11 Å². The molecule has 0 bridgehead atoms. The number of hydrogen-bond donors (Lipinski definition) is 2. The molecule has 2 N–H and O–H groups in total. The molecule has 1 aromatic heterocycles. The fraction of sp³-hybridized carbons (Fsp3) is 0.348. The minimum atomic E-state index is -0.224. The molecule has 3 amide bonds. The lowest BCUT2D eigenvalue weighted by Crippen LogP contribution is -2.35. The number of rotatable bonds is 6. The van der Waals surface area contributed by atoms with Crippen LogP contribution in [0.4, 0.5) is 16.2 Å². The van der Waals surface area contributed by atoms with Gasteiger partial charge in [-0.2, -0.15) is 0 Å². The van der Waals surface area contributed by atoms with Gasteiger partial charge in [-0.15, -0.1) is 0 Å². The van der Waals surface area contributed by atoms with Gasteiger partial charge in [-0.25, -0.2) is 9.78 Å². The Morgan fingerprint density at radius 1 is 1.10 bits per heavy atom. The molecule has 0 spiro atoms.